The van der Waals surface area contributed by atoms with Gasteiger partial charge in [0.25, 0.3) is 0 Å². The molecule has 2 heterocycles. The summed E-state index contributed by atoms with van der Waals surface area (Å²) >= 11 is 0. The third kappa shape index (κ3) is 4.42. The van der Waals surface area contributed by atoms with Crippen molar-refractivity contribution in [2.45, 2.75) is 31.9 Å². The molecule has 2 aromatic rings. The molecular weight excluding hydrogens is 274 g/mol. The van der Waals surface area contributed by atoms with Crippen molar-refractivity contribution < 1.29 is 5.11 Å². The van der Waals surface area contributed by atoms with Crippen molar-refractivity contribution in [2.75, 3.05) is 19.6 Å². The highest BCUT2D eigenvalue weighted by Crippen LogP contribution is 2.21. The molecule has 0 bridgehead atoms. The predicted octanol–water partition coefficient (Wildman–Crippen LogP) is 2.20. The van der Waals surface area contributed by atoms with Gasteiger partial charge in [-0.3, -0.25) is 4.68 Å². The van der Waals surface area contributed by atoms with Gasteiger partial charge in [-0.1, -0.05) is 30.3 Å². The van der Waals surface area contributed by atoms with Crippen molar-refractivity contribution in [3.8, 4) is 0 Å². The number of likely N-dealkylation sites (tertiary alicyclic amines) is 1. The topological polar surface area (TPSA) is 41.3 Å². The van der Waals surface area contributed by atoms with Crippen molar-refractivity contribution >= 4 is 0 Å². The molecule has 0 spiro atoms. The van der Waals surface area contributed by atoms with Crippen LogP contribution in [-0.4, -0.2) is 45.5 Å². The third-order valence-electron chi connectivity index (χ3n) is 4.50. The van der Waals surface area contributed by atoms with Gasteiger partial charge in [-0.2, -0.15) is 5.10 Å². The lowest BCUT2D eigenvalue weighted by molar-refractivity contribution is 0.0759. The van der Waals surface area contributed by atoms with E-state index in [4.69, 9.17) is 0 Å². The van der Waals surface area contributed by atoms with Crippen molar-refractivity contribution in [3.63, 3.8) is 0 Å². The first-order valence-corrected chi connectivity index (χ1v) is 8.21. The van der Waals surface area contributed by atoms with Crippen LogP contribution in [0.15, 0.2) is 48.8 Å². The molecule has 1 N–H and O–H groups in total. The Labute approximate surface area is 132 Å². The van der Waals surface area contributed by atoms with Gasteiger partial charge >= 0.3 is 0 Å². The highest BCUT2D eigenvalue weighted by Gasteiger charge is 2.21. The van der Waals surface area contributed by atoms with Crippen molar-refractivity contribution in [2.24, 2.45) is 5.92 Å². The van der Waals surface area contributed by atoms with Crippen LogP contribution in [-0.2, 0) is 13.0 Å². The summed E-state index contributed by atoms with van der Waals surface area (Å²) in [6.07, 6.45) is 6.94. The molecule has 1 aliphatic rings. The Balaban J connectivity index is 1.40. The normalized spacial score (nSPS) is 18.4. The second-order valence-electron chi connectivity index (χ2n) is 6.32. The standard InChI is InChI=1S/C18H25N3O/c22-18(15-21-10-4-9-19-21)14-20-11-7-17(8-12-20)13-16-5-2-1-3-6-16/h1-6,9-10,17-18,22H,7-8,11-15H2. The van der Waals surface area contributed by atoms with E-state index in [1.54, 1.807) is 10.9 Å². The number of aliphatic hydroxyl groups is 1. The van der Waals surface area contributed by atoms with Crippen LogP contribution in [0.25, 0.3) is 0 Å². The lowest BCUT2D eigenvalue weighted by Crippen LogP contribution is -2.40. The molecule has 0 radical (unpaired) electrons. The second kappa shape index (κ2) is 7.56. The maximum Gasteiger partial charge on any atom is 0.0862 e. The molecular formula is C18H25N3O. The van der Waals surface area contributed by atoms with Crippen molar-refractivity contribution in [1.29, 1.82) is 0 Å². The van der Waals surface area contributed by atoms with E-state index in [1.165, 1.54) is 24.8 Å². The second-order valence-corrected chi connectivity index (χ2v) is 6.32. The molecule has 0 aliphatic carbocycles. The molecule has 1 unspecified atom stereocenters. The van der Waals surface area contributed by atoms with Crippen LogP contribution < -0.4 is 0 Å². The van der Waals surface area contributed by atoms with Gasteiger partial charge in [0.2, 0.25) is 0 Å². The van der Waals surface area contributed by atoms with Crippen LogP contribution in [0.4, 0.5) is 0 Å². The predicted molar refractivity (Wildman–Crippen MR) is 87.5 cm³/mol. The number of piperidine rings is 1. The van der Waals surface area contributed by atoms with Crippen LogP contribution in [0.2, 0.25) is 0 Å². The number of hydrogen-bond donors (Lipinski definition) is 1. The van der Waals surface area contributed by atoms with Crippen LogP contribution in [0.1, 0.15) is 18.4 Å². The molecule has 0 amide bonds. The Morgan fingerprint density at radius 3 is 2.55 bits per heavy atom. The molecule has 4 heteroatoms. The zero-order chi connectivity index (χ0) is 15.2. The van der Waals surface area contributed by atoms with Gasteiger partial charge < -0.3 is 10.0 Å². The molecule has 1 atom stereocenters. The Hall–Kier alpha value is -1.65. The van der Waals surface area contributed by atoms with Gasteiger partial charge in [-0.15, -0.1) is 0 Å². The number of benzene rings is 1. The molecule has 1 aromatic carbocycles. The molecule has 4 nitrogen and oxygen atoms in total. The summed E-state index contributed by atoms with van der Waals surface area (Å²) in [7, 11) is 0. The Morgan fingerprint density at radius 2 is 1.86 bits per heavy atom. The van der Waals surface area contributed by atoms with Gasteiger partial charge in [0, 0.05) is 18.9 Å². The van der Waals surface area contributed by atoms with E-state index in [2.05, 4.69) is 40.3 Å². The molecule has 118 valence electrons. The van der Waals surface area contributed by atoms with E-state index in [0.717, 1.165) is 25.6 Å². The van der Waals surface area contributed by atoms with E-state index in [-0.39, 0.29) is 6.10 Å². The van der Waals surface area contributed by atoms with Gasteiger partial charge in [0.05, 0.1) is 12.6 Å². The average molecular weight is 299 g/mol. The molecule has 22 heavy (non-hydrogen) atoms. The highest BCUT2D eigenvalue weighted by atomic mass is 16.3. The van der Waals surface area contributed by atoms with Crippen molar-refractivity contribution in [1.82, 2.24) is 14.7 Å². The van der Waals surface area contributed by atoms with Gasteiger partial charge in [0.1, 0.15) is 0 Å². The average Bonchev–Trinajstić information content (AvgIpc) is 3.03. The fourth-order valence-corrected chi connectivity index (χ4v) is 3.30. The van der Waals surface area contributed by atoms with Gasteiger partial charge in [-0.05, 0) is 49.9 Å². The fourth-order valence-electron chi connectivity index (χ4n) is 3.30. The minimum atomic E-state index is -0.342. The number of nitrogens with zero attached hydrogens (tertiary/aromatic N) is 3. The molecule has 1 aromatic heterocycles. The molecule has 0 saturated carbocycles. The summed E-state index contributed by atoms with van der Waals surface area (Å²) < 4.78 is 1.80. The van der Waals surface area contributed by atoms with Gasteiger partial charge in [0.15, 0.2) is 0 Å². The summed E-state index contributed by atoms with van der Waals surface area (Å²) in [5.74, 6) is 0.780. The largest absolute Gasteiger partial charge is 0.390 e. The number of β-amino-alcohol motifs (C(OH)–C–C–N with tert-alkyl or cyclic N) is 1. The SMILES string of the molecule is OC(CN1CCC(Cc2ccccc2)CC1)Cn1cccn1. The van der Waals surface area contributed by atoms with Crippen LogP contribution in [0.5, 0.6) is 0 Å². The van der Waals surface area contributed by atoms with E-state index in [0.29, 0.717) is 6.54 Å². The number of aliphatic hydroxyl groups excluding tert-OH is 1. The number of aromatic nitrogens is 2. The Bertz CT molecular complexity index is 533. The highest BCUT2D eigenvalue weighted by molar-refractivity contribution is 5.15. The van der Waals surface area contributed by atoms with Crippen LogP contribution >= 0.6 is 0 Å². The van der Waals surface area contributed by atoms with E-state index >= 15 is 0 Å². The third-order valence-corrected chi connectivity index (χ3v) is 4.50. The minimum Gasteiger partial charge on any atom is -0.390 e. The first kappa shape index (κ1) is 15.3. The smallest absolute Gasteiger partial charge is 0.0862 e. The summed E-state index contributed by atoms with van der Waals surface area (Å²) in [6, 6.07) is 12.7. The maximum absolute atomic E-state index is 10.2. The zero-order valence-electron chi connectivity index (χ0n) is 13.0. The first-order valence-electron chi connectivity index (χ1n) is 8.21. The molecule has 1 saturated heterocycles. The maximum atomic E-state index is 10.2. The fraction of sp³-hybridized carbons (Fsp3) is 0.500. The van der Waals surface area contributed by atoms with Crippen molar-refractivity contribution in [3.05, 3.63) is 54.4 Å². The minimum absolute atomic E-state index is 0.342. The van der Waals surface area contributed by atoms with Crippen LogP contribution in [0, 0.1) is 5.92 Å². The van der Waals surface area contributed by atoms with E-state index in [9.17, 15) is 5.11 Å². The zero-order valence-corrected chi connectivity index (χ0v) is 13.0. The number of rotatable bonds is 6. The Kier molecular flexibility index (Phi) is 5.24. The lowest BCUT2D eigenvalue weighted by Gasteiger charge is -2.33. The summed E-state index contributed by atoms with van der Waals surface area (Å²) in [5, 5.41) is 14.3. The lowest BCUT2D eigenvalue weighted by atomic mass is 9.90. The number of hydrogen-bond acceptors (Lipinski definition) is 3. The first-order chi connectivity index (χ1) is 10.8. The van der Waals surface area contributed by atoms with Gasteiger partial charge in [-0.25, -0.2) is 0 Å². The monoisotopic (exact) mass is 299 g/mol. The molecule has 1 fully saturated rings. The van der Waals surface area contributed by atoms with Crippen LogP contribution in [0.3, 0.4) is 0 Å². The van der Waals surface area contributed by atoms with E-state index in [1.807, 2.05) is 12.3 Å². The Morgan fingerprint density at radius 1 is 1.09 bits per heavy atom. The molecule has 3 rings (SSSR count). The summed E-state index contributed by atoms with van der Waals surface area (Å²) in [6.45, 7) is 3.51. The van der Waals surface area contributed by atoms with E-state index < -0.39 is 0 Å². The summed E-state index contributed by atoms with van der Waals surface area (Å²) in [4.78, 5) is 2.38. The molecule has 1 aliphatic heterocycles. The summed E-state index contributed by atoms with van der Waals surface area (Å²) in [5.41, 5.74) is 1.44. The quantitative estimate of drug-likeness (QED) is 0.889.